The average molecular weight is 446 g/mol. The highest BCUT2D eigenvalue weighted by molar-refractivity contribution is 7.89. The summed E-state index contributed by atoms with van der Waals surface area (Å²) in [5.74, 6) is -1.40. The first-order chi connectivity index (χ1) is 14.7. The number of hydrogen-bond acceptors (Lipinski definition) is 6. The molecule has 4 N–H and O–H groups in total. The highest BCUT2D eigenvalue weighted by atomic mass is 32.2. The van der Waals surface area contributed by atoms with E-state index in [1.807, 2.05) is 0 Å². The van der Waals surface area contributed by atoms with Gasteiger partial charge in [0.05, 0.1) is 22.6 Å². The van der Waals surface area contributed by atoms with Gasteiger partial charge in [-0.1, -0.05) is 0 Å². The second-order valence-corrected chi connectivity index (χ2v) is 8.54. The summed E-state index contributed by atoms with van der Waals surface area (Å²) < 4.78 is 31.2. The van der Waals surface area contributed by atoms with Crippen molar-refractivity contribution >= 4 is 45.1 Å². The first-order valence-corrected chi connectivity index (χ1v) is 10.9. The van der Waals surface area contributed by atoms with Gasteiger partial charge < -0.3 is 20.4 Å². The van der Waals surface area contributed by atoms with E-state index in [1.54, 1.807) is 19.9 Å². The number of benzene rings is 1. The number of nitrogens with one attached hydrogen (secondary N) is 4. The summed E-state index contributed by atoms with van der Waals surface area (Å²) >= 11 is 0. The molecule has 2 aromatic rings. The fourth-order valence-electron chi connectivity index (χ4n) is 3.10. The molecule has 1 aromatic carbocycles. The maximum Gasteiger partial charge on any atom is 0.325 e. The van der Waals surface area contributed by atoms with Gasteiger partial charge in [0.2, 0.25) is 10.0 Å². The van der Waals surface area contributed by atoms with Crippen LogP contribution in [0.25, 0.3) is 11.6 Å². The minimum absolute atomic E-state index is 0.0263. The molecular weight excluding hydrogens is 424 g/mol. The molecule has 1 aromatic heterocycles. The van der Waals surface area contributed by atoms with E-state index in [-0.39, 0.29) is 23.6 Å². The van der Waals surface area contributed by atoms with Crippen molar-refractivity contribution < 1.29 is 27.5 Å². The van der Waals surface area contributed by atoms with E-state index < -0.39 is 27.8 Å². The van der Waals surface area contributed by atoms with Crippen LogP contribution in [0.1, 0.15) is 34.1 Å². The summed E-state index contributed by atoms with van der Waals surface area (Å²) in [4.78, 5) is 39.2. The fourth-order valence-corrected chi connectivity index (χ4v) is 3.85. The number of rotatable bonds is 7. The number of anilines is 1. The lowest BCUT2D eigenvalue weighted by Crippen LogP contribution is -2.30. The number of esters is 1. The number of ether oxygens (including phenoxy) is 1. The number of aromatic amines is 1. The molecule has 0 unspecified atom stereocenters. The molecular formula is C20H22N4O6S. The molecule has 31 heavy (non-hydrogen) atoms. The Morgan fingerprint density at radius 2 is 2.00 bits per heavy atom. The van der Waals surface area contributed by atoms with Gasteiger partial charge in [0.25, 0.3) is 11.8 Å². The maximum absolute atomic E-state index is 12.5. The number of aromatic nitrogens is 1. The zero-order chi connectivity index (χ0) is 22.8. The Bertz CT molecular complexity index is 1200. The highest BCUT2D eigenvalue weighted by Gasteiger charge is 2.27. The van der Waals surface area contributed by atoms with Gasteiger partial charge in [-0.25, -0.2) is 13.1 Å². The molecule has 2 heterocycles. The molecule has 0 saturated carbocycles. The summed E-state index contributed by atoms with van der Waals surface area (Å²) in [6, 6.07) is 4.34. The summed E-state index contributed by atoms with van der Waals surface area (Å²) in [6.45, 7) is 3.32. The van der Waals surface area contributed by atoms with Gasteiger partial charge in [0.15, 0.2) is 0 Å². The van der Waals surface area contributed by atoms with Gasteiger partial charge in [0.1, 0.15) is 6.54 Å². The number of fused-ring (bicyclic) bond motifs is 1. The standard InChI is InChI=1S/C20H22N4O6S/c1-4-30-18(25)10-23-19(26)15-9-22-17(11(15)2)8-14-13-7-12(31(28,29)21-3)5-6-16(13)24-20(14)27/h5-9,21-22H,4,10H2,1-3H3,(H,23,26)(H,24,27). The van der Waals surface area contributed by atoms with E-state index in [1.165, 1.54) is 31.4 Å². The molecule has 0 saturated heterocycles. The van der Waals surface area contributed by atoms with Crippen LogP contribution >= 0.6 is 0 Å². The van der Waals surface area contributed by atoms with Gasteiger partial charge in [-0.2, -0.15) is 0 Å². The van der Waals surface area contributed by atoms with E-state index >= 15 is 0 Å². The van der Waals surface area contributed by atoms with E-state index in [0.717, 1.165) is 0 Å². The first-order valence-electron chi connectivity index (χ1n) is 9.40. The Kier molecular flexibility index (Phi) is 6.27. The number of carbonyl (C=O) groups excluding carboxylic acids is 3. The third kappa shape index (κ3) is 4.52. The molecule has 10 nitrogen and oxygen atoms in total. The van der Waals surface area contributed by atoms with Crippen molar-refractivity contribution in [2.75, 3.05) is 25.5 Å². The third-order valence-electron chi connectivity index (χ3n) is 4.76. The predicted molar refractivity (Wildman–Crippen MR) is 114 cm³/mol. The van der Waals surface area contributed by atoms with Crippen LogP contribution in [0.5, 0.6) is 0 Å². The molecule has 11 heteroatoms. The number of amides is 2. The summed E-state index contributed by atoms with van der Waals surface area (Å²) in [6.07, 6.45) is 3.02. The highest BCUT2D eigenvalue weighted by Crippen LogP contribution is 2.35. The van der Waals surface area contributed by atoms with Crippen molar-refractivity contribution in [3.8, 4) is 0 Å². The summed E-state index contributed by atoms with van der Waals surface area (Å²) in [7, 11) is -2.38. The number of hydrogen-bond donors (Lipinski definition) is 4. The Balaban J connectivity index is 1.90. The quantitative estimate of drug-likeness (QED) is 0.369. The average Bonchev–Trinajstić information content (AvgIpc) is 3.26. The molecule has 3 rings (SSSR count). The van der Waals surface area contributed by atoms with Crippen LogP contribution in [0, 0.1) is 6.92 Å². The van der Waals surface area contributed by atoms with Crippen LogP contribution in [-0.2, 0) is 24.3 Å². The SMILES string of the molecule is CCOC(=O)CNC(=O)c1c[nH]c(C=C2C(=O)Nc3ccc(S(=O)(=O)NC)cc32)c1C. The zero-order valence-corrected chi connectivity index (χ0v) is 18.0. The van der Waals surface area contributed by atoms with E-state index in [0.29, 0.717) is 28.1 Å². The monoisotopic (exact) mass is 446 g/mol. The normalized spacial score (nSPS) is 14.3. The van der Waals surface area contributed by atoms with Crippen molar-refractivity contribution in [2.45, 2.75) is 18.7 Å². The Hall–Kier alpha value is -3.44. The predicted octanol–water partition coefficient (Wildman–Crippen LogP) is 1.02. The van der Waals surface area contributed by atoms with Crippen molar-refractivity contribution in [1.29, 1.82) is 0 Å². The fraction of sp³-hybridized carbons (Fsp3) is 0.250. The zero-order valence-electron chi connectivity index (χ0n) is 17.2. The van der Waals surface area contributed by atoms with Crippen molar-refractivity contribution in [1.82, 2.24) is 15.0 Å². The van der Waals surface area contributed by atoms with Crippen molar-refractivity contribution in [2.24, 2.45) is 0 Å². The van der Waals surface area contributed by atoms with E-state index in [9.17, 15) is 22.8 Å². The lowest BCUT2D eigenvalue weighted by Gasteiger charge is -2.05. The number of carbonyl (C=O) groups is 3. The van der Waals surface area contributed by atoms with Gasteiger partial charge in [0, 0.05) is 23.1 Å². The van der Waals surface area contributed by atoms with Crippen LogP contribution in [0.3, 0.4) is 0 Å². The molecule has 0 aliphatic carbocycles. The van der Waals surface area contributed by atoms with Crippen LogP contribution in [0.4, 0.5) is 5.69 Å². The van der Waals surface area contributed by atoms with Crippen LogP contribution in [-0.4, -0.2) is 51.4 Å². The molecule has 0 spiro atoms. The lowest BCUT2D eigenvalue weighted by molar-refractivity contribution is -0.141. The molecule has 2 amide bonds. The van der Waals surface area contributed by atoms with Gasteiger partial charge in [-0.3, -0.25) is 14.4 Å². The molecule has 164 valence electrons. The summed E-state index contributed by atoms with van der Waals surface area (Å²) in [5, 5.41) is 5.17. The minimum Gasteiger partial charge on any atom is -0.465 e. The van der Waals surface area contributed by atoms with Crippen LogP contribution in [0.15, 0.2) is 29.3 Å². The largest absolute Gasteiger partial charge is 0.465 e. The van der Waals surface area contributed by atoms with Crippen LogP contribution in [0.2, 0.25) is 0 Å². The van der Waals surface area contributed by atoms with Crippen LogP contribution < -0.4 is 15.4 Å². The van der Waals surface area contributed by atoms with Gasteiger partial charge in [-0.15, -0.1) is 0 Å². The molecule has 0 bridgehead atoms. The molecule has 0 atom stereocenters. The minimum atomic E-state index is -3.68. The van der Waals surface area contributed by atoms with Crippen molar-refractivity contribution in [3.05, 3.63) is 46.8 Å². The van der Waals surface area contributed by atoms with Gasteiger partial charge in [-0.05, 0) is 50.7 Å². The topological polar surface area (TPSA) is 146 Å². The Labute approximate surface area is 179 Å². The Morgan fingerprint density at radius 1 is 1.26 bits per heavy atom. The van der Waals surface area contributed by atoms with E-state index in [4.69, 9.17) is 4.74 Å². The second-order valence-electron chi connectivity index (χ2n) is 6.66. The second kappa shape index (κ2) is 8.74. The lowest BCUT2D eigenvalue weighted by atomic mass is 10.0. The molecule has 0 radical (unpaired) electrons. The molecule has 1 aliphatic rings. The smallest absolute Gasteiger partial charge is 0.325 e. The van der Waals surface area contributed by atoms with Gasteiger partial charge >= 0.3 is 5.97 Å². The number of H-pyrrole nitrogens is 1. The maximum atomic E-state index is 12.5. The molecule has 1 aliphatic heterocycles. The third-order valence-corrected chi connectivity index (χ3v) is 6.18. The summed E-state index contributed by atoms with van der Waals surface area (Å²) in [5.41, 5.74) is 2.55. The molecule has 0 fully saturated rings. The number of sulfonamides is 1. The Morgan fingerprint density at radius 3 is 2.68 bits per heavy atom. The van der Waals surface area contributed by atoms with E-state index in [2.05, 4.69) is 20.3 Å². The van der Waals surface area contributed by atoms with Crippen molar-refractivity contribution in [3.63, 3.8) is 0 Å². The first kappa shape index (κ1) is 22.2.